The number of hydrogen-bond acceptors (Lipinski definition) is 7. The molecule has 1 heterocycles. The summed E-state index contributed by atoms with van der Waals surface area (Å²) in [6, 6.07) is 0. The van der Waals surface area contributed by atoms with E-state index >= 15 is 0 Å². The lowest BCUT2D eigenvalue weighted by Crippen LogP contribution is -2.14. The smallest absolute Gasteiger partial charge is 0.330 e. The van der Waals surface area contributed by atoms with E-state index in [-0.39, 0.29) is 6.61 Å². The molecule has 0 fully saturated rings. The molecule has 1 aromatic heterocycles. The number of esters is 1. The number of thiazole rings is 1. The molecule has 0 spiro atoms. The Hall–Kier alpha value is -1.96. The second-order valence-corrected chi connectivity index (χ2v) is 5.78. The molecule has 6 nitrogen and oxygen atoms in total. The minimum Gasteiger partial charge on any atom is -0.460 e. The highest BCUT2D eigenvalue weighted by Gasteiger charge is 2.04. The van der Waals surface area contributed by atoms with Gasteiger partial charge in [-0.2, -0.15) is 0 Å². The van der Waals surface area contributed by atoms with Crippen LogP contribution in [0.3, 0.4) is 0 Å². The number of carbonyl (C=O) groups is 1. The Balaban J connectivity index is 2.02. The van der Waals surface area contributed by atoms with Gasteiger partial charge in [-0.15, -0.1) is 11.3 Å². The third kappa shape index (κ3) is 8.61. The van der Waals surface area contributed by atoms with Crippen LogP contribution in [0.1, 0.15) is 10.6 Å². The molecule has 7 heteroatoms. The number of aryl methyl sites for hydroxylation is 1. The molecule has 0 aliphatic rings. The fraction of sp³-hybridized carbons (Fsp3) is 0.412. The zero-order chi connectivity index (χ0) is 17.6. The van der Waals surface area contributed by atoms with Crippen LogP contribution in [0.4, 0.5) is 5.13 Å². The molecule has 132 valence electrons. The van der Waals surface area contributed by atoms with Crippen LogP contribution in [-0.4, -0.2) is 50.5 Å². The van der Waals surface area contributed by atoms with Gasteiger partial charge in [0.2, 0.25) is 0 Å². The molecule has 0 aromatic carbocycles. The van der Waals surface area contributed by atoms with Crippen molar-refractivity contribution >= 4 is 28.5 Å². The van der Waals surface area contributed by atoms with Crippen molar-refractivity contribution in [3.63, 3.8) is 0 Å². The van der Waals surface area contributed by atoms with Crippen LogP contribution in [0.5, 0.6) is 0 Å². The zero-order valence-corrected chi connectivity index (χ0v) is 14.8. The molecule has 24 heavy (non-hydrogen) atoms. The number of allylic oxidation sites excluding steroid dienone is 2. The Kier molecular flexibility index (Phi) is 10.4. The normalized spacial score (nSPS) is 10.7. The standard InChI is InChI=1S/C17H24N2O4S/c1-4-6-7-15-14(3)24-17(19-15)18-8-9-21-10-11-22-12-13-23-16(20)5-2/h4-7H,1-2,8-13H2,3H3,(H,18,19)/b7-6-. The first kappa shape index (κ1) is 20.1. The molecule has 1 rings (SSSR count). The molecule has 0 aliphatic heterocycles. The molecule has 1 N–H and O–H groups in total. The van der Waals surface area contributed by atoms with Crippen LogP contribution in [-0.2, 0) is 19.0 Å². The van der Waals surface area contributed by atoms with Gasteiger partial charge >= 0.3 is 5.97 Å². The molecular formula is C17H24N2O4S. The quantitative estimate of drug-likeness (QED) is 0.255. The van der Waals surface area contributed by atoms with E-state index in [4.69, 9.17) is 14.2 Å². The van der Waals surface area contributed by atoms with Crippen molar-refractivity contribution in [1.82, 2.24) is 4.98 Å². The Morgan fingerprint density at radius 3 is 2.62 bits per heavy atom. The van der Waals surface area contributed by atoms with E-state index in [1.165, 1.54) is 0 Å². The predicted octanol–water partition coefficient (Wildman–Crippen LogP) is 2.83. The maximum absolute atomic E-state index is 10.8. The predicted molar refractivity (Wildman–Crippen MR) is 97.4 cm³/mol. The molecule has 0 radical (unpaired) electrons. The first-order valence-corrected chi connectivity index (χ1v) is 8.44. The zero-order valence-electron chi connectivity index (χ0n) is 14.0. The van der Waals surface area contributed by atoms with Gasteiger partial charge in [-0.25, -0.2) is 9.78 Å². The van der Waals surface area contributed by atoms with E-state index in [1.807, 2.05) is 19.1 Å². The summed E-state index contributed by atoms with van der Waals surface area (Å²) in [5.41, 5.74) is 0.953. The summed E-state index contributed by atoms with van der Waals surface area (Å²) in [4.78, 5) is 16.4. The average molecular weight is 352 g/mol. The van der Waals surface area contributed by atoms with Crippen LogP contribution in [0.15, 0.2) is 31.4 Å². The lowest BCUT2D eigenvalue weighted by molar-refractivity contribution is -0.139. The molecular weight excluding hydrogens is 328 g/mol. The molecule has 0 unspecified atom stereocenters. The van der Waals surface area contributed by atoms with Gasteiger partial charge in [-0.05, 0) is 13.0 Å². The third-order valence-electron chi connectivity index (χ3n) is 2.76. The average Bonchev–Trinajstić information content (AvgIpc) is 2.94. The Morgan fingerprint density at radius 2 is 1.92 bits per heavy atom. The molecule has 0 atom stereocenters. The number of hydrogen-bond donors (Lipinski definition) is 1. The topological polar surface area (TPSA) is 69.7 Å². The summed E-state index contributed by atoms with van der Waals surface area (Å²) in [6.07, 6.45) is 6.65. The molecule has 0 aliphatic carbocycles. The molecule has 1 aromatic rings. The number of aromatic nitrogens is 1. The molecule has 0 amide bonds. The van der Waals surface area contributed by atoms with Crippen molar-refractivity contribution in [2.75, 3.05) is 44.9 Å². The highest BCUT2D eigenvalue weighted by Crippen LogP contribution is 2.22. The second kappa shape index (κ2) is 12.5. The summed E-state index contributed by atoms with van der Waals surface area (Å²) in [5, 5.41) is 4.10. The van der Waals surface area contributed by atoms with Crippen LogP contribution in [0.2, 0.25) is 0 Å². The number of nitrogens with one attached hydrogen (secondary N) is 1. The van der Waals surface area contributed by atoms with Gasteiger partial charge in [0.25, 0.3) is 0 Å². The maximum atomic E-state index is 10.8. The Bertz CT molecular complexity index is 555. The van der Waals surface area contributed by atoms with E-state index in [2.05, 4.69) is 23.5 Å². The first-order valence-electron chi connectivity index (χ1n) is 7.62. The highest BCUT2D eigenvalue weighted by atomic mass is 32.1. The van der Waals surface area contributed by atoms with E-state index in [1.54, 1.807) is 17.4 Å². The summed E-state index contributed by atoms with van der Waals surface area (Å²) in [6.45, 7) is 11.7. The number of nitrogens with zero attached hydrogens (tertiary/aromatic N) is 1. The summed E-state index contributed by atoms with van der Waals surface area (Å²) >= 11 is 1.61. The first-order chi connectivity index (χ1) is 11.7. The van der Waals surface area contributed by atoms with Crippen molar-refractivity contribution in [3.8, 4) is 0 Å². The Morgan fingerprint density at radius 1 is 1.21 bits per heavy atom. The van der Waals surface area contributed by atoms with Crippen molar-refractivity contribution in [2.45, 2.75) is 6.92 Å². The van der Waals surface area contributed by atoms with E-state index in [9.17, 15) is 4.79 Å². The summed E-state index contributed by atoms with van der Waals surface area (Å²) in [5.74, 6) is -0.443. The molecule has 0 bridgehead atoms. The van der Waals surface area contributed by atoms with Crippen molar-refractivity contribution in [3.05, 3.63) is 42.0 Å². The number of carbonyl (C=O) groups excluding carboxylic acids is 1. The monoisotopic (exact) mass is 352 g/mol. The maximum Gasteiger partial charge on any atom is 0.330 e. The largest absolute Gasteiger partial charge is 0.460 e. The van der Waals surface area contributed by atoms with Crippen LogP contribution >= 0.6 is 11.3 Å². The fourth-order valence-electron chi connectivity index (χ4n) is 1.61. The van der Waals surface area contributed by atoms with E-state index < -0.39 is 5.97 Å². The number of anilines is 1. The van der Waals surface area contributed by atoms with Gasteiger partial charge in [0.15, 0.2) is 5.13 Å². The highest BCUT2D eigenvalue weighted by molar-refractivity contribution is 7.15. The van der Waals surface area contributed by atoms with Gasteiger partial charge in [-0.1, -0.05) is 25.3 Å². The van der Waals surface area contributed by atoms with Gasteiger partial charge < -0.3 is 19.5 Å². The number of rotatable bonds is 13. The Labute approximate surface area is 146 Å². The van der Waals surface area contributed by atoms with Crippen molar-refractivity contribution < 1.29 is 19.0 Å². The number of ether oxygens (including phenoxy) is 3. The minimum atomic E-state index is -0.443. The summed E-state index contributed by atoms with van der Waals surface area (Å²) in [7, 11) is 0. The SMILES string of the molecule is C=C/C=C\c1nc(NCCOCCOCCOC(=O)C=C)sc1C. The third-order valence-corrected chi connectivity index (χ3v) is 3.70. The fourth-order valence-corrected chi connectivity index (χ4v) is 2.44. The lowest BCUT2D eigenvalue weighted by Gasteiger charge is -2.06. The lowest BCUT2D eigenvalue weighted by atomic mass is 10.3. The van der Waals surface area contributed by atoms with E-state index in [0.717, 1.165) is 21.8 Å². The van der Waals surface area contributed by atoms with Gasteiger partial charge in [-0.3, -0.25) is 0 Å². The van der Waals surface area contributed by atoms with Crippen molar-refractivity contribution in [1.29, 1.82) is 0 Å². The molecule has 0 saturated heterocycles. The molecule has 0 saturated carbocycles. The van der Waals surface area contributed by atoms with Gasteiger partial charge in [0.05, 0.1) is 32.1 Å². The van der Waals surface area contributed by atoms with Crippen LogP contribution in [0.25, 0.3) is 6.08 Å². The van der Waals surface area contributed by atoms with Gasteiger partial charge in [0, 0.05) is 17.5 Å². The van der Waals surface area contributed by atoms with Gasteiger partial charge in [0.1, 0.15) is 6.61 Å². The van der Waals surface area contributed by atoms with Crippen LogP contribution in [0, 0.1) is 6.92 Å². The van der Waals surface area contributed by atoms with E-state index in [0.29, 0.717) is 33.0 Å². The van der Waals surface area contributed by atoms with Crippen LogP contribution < -0.4 is 5.32 Å². The summed E-state index contributed by atoms with van der Waals surface area (Å²) < 4.78 is 15.5. The minimum absolute atomic E-state index is 0.221. The second-order valence-electron chi connectivity index (χ2n) is 4.58. The van der Waals surface area contributed by atoms with Crippen molar-refractivity contribution in [2.24, 2.45) is 0 Å².